The van der Waals surface area contributed by atoms with Crippen LogP contribution in [0, 0.1) is 5.92 Å². The van der Waals surface area contributed by atoms with Crippen LogP contribution in [0.5, 0.6) is 0 Å². The van der Waals surface area contributed by atoms with E-state index in [-0.39, 0.29) is 5.06 Å². The van der Waals surface area contributed by atoms with Crippen LogP contribution >= 0.6 is 11.6 Å². The van der Waals surface area contributed by atoms with Gasteiger partial charge in [-0.1, -0.05) is 25.4 Å². The van der Waals surface area contributed by atoms with Gasteiger partial charge in [0, 0.05) is 5.92 Å². The second kappa shape index (κ2) is 1.89. The molecule has 1 saturated heterocycles. The van der Waals surface area contributed by atoms with Gasteiger partial charge in [0.15, 0.2) is 0 Å². The highest BCUT2D eigenvalue weighted by atomic mass is 35.5. The third-order valence-corrected chi connectivity index (χ3v) is 2.54. The predicted molar refractivity (Wildman–Crippen MR) is 34.0 cm³/mol. The van der Waals surface area contributed by atoms with Crippen LogP contribution in [0.25, 0.3) is 0 Å². The molecule has 1 rings (SSSR count). The highest BCUT2D eigenvalue weighted by molar-refractivity contribution is 6.23. The molecule has 1 nitrogen and oxygen atoms in total. The number of hydrogen-bond donors (Lipinski definition) is 0. The molecular weight excluding hydrogens is 124 g/mol. The van der Waals surface area contributed by atoms with E-state index >= 15 is 0 Å². The van der Waals surface area contributed by atoms with E-state index in [2.05, 4.69) is 6.92 Å². The van der Waals surface area contributed by atoms with E-state index in [1.165, 1.54) is 0 Å². The van der Waals surface area contributed by atoms with Crippen molar-refractivity contribution in [2.24, 2.45) is 5.92 Å². The molecule has 0 N–H and O–H groups in total. The van der Waals surface area contributed by atoms with Crippen LogP contribution in [0.1, 0.15) is 20.3 Å². The van der Waals surface area contributed by atoms with Crippen molar-refractivity contribution in [1.29, 1.82) is 0 Å². The van der Waals surface area contributed by atoms with Crippen LogP contribution in [0.2, 0.25) is 0 Å². The van der Waals surface area contributed by atoms with E-state index in [0.29, 0.717) is 5.92 Å². The Morgan fingerprint density at radius 3 is 2.50 bits per heavy atom. The van der Waals surface area contributed by atoms with Gasteiger partial charge in [-0.2, -0.15) is 0 Å². The first-order valence-electron chi connectivity index (χ1n) is 3.02. The maximum absolute atomic E-state index is 5.92. The molecule has 2 unspecified atom stereocenters. The summed E-state index contributed by atoms with van der Waals surface area (Å²) in [7, 11) is 0. The third-order valence-electron chi connectivity index (χ3n) is 1.79. The van der Waals surface area contributed by atoms with Gasteiger partial charge in [-0.3, -0.25) is 0 Å². The number of hydrogen-bond acceptors (Lipinski definition) is 1. The lowest BCUT2D eigenvalue weighted by Gasteiger charge is -2.42. The third kappa shape index (κ3) is 0.741. The fraction of sp³-hybridized carbons (Fsp3) is 1.00. The molecular formula is C6H11ClO. The van der Waals surface area contributed by atoms with Gasteiger partial charge in [0.2, 0.25) is 0 Å². The first-order valence-corrected chi connectivity index (χ1v) is 3.39. The minimum atomic E-state index is -0.306. The Bertz CT molecular complexity index is 90.5. The van der Waals surface area contributed by atoms with Crippen molar-refractivity contribution in [2.75, 3.05) is 6.61 Å². The second-order valence-corrected chi connectivity index (χ2v) is 2.99. The molecule has 48 valence electrons. The lowest BCUT2D eigenvalue weighted by Crippen LogP contribution is -2.46. The summed E-state index contributed by atoms with van der Waals surface area (Å²) in [4.78, 5) is 0. The maximum atomic E-state index is 5.92. The lowest BCUT2D eigenvalue weighted by atomic mass is 9.97. The van der Waals surface area contributed by atoms with E-state index in [0.717, 1.165) is 13.0 Å². The summed E-state index contributed by atoms with van der Waals surface area (Å²) in [6.45, 7) is 4.99. The van der Waals surface area contributed by atoms with Gasteiger partial charge in [-0.05, 0) is 6.42 Å². The smallest absolute Gasteiger partial charge is 0.146 e. The Morgan fingerprint density at radius 1 is 1.88 bits per heavy atom. The molecule has 0 aliphatic carbocycles. The number of rotatable bonds is 1. The van der Waals surface area contributed by atoms with E-state index in [4.69, 9.17) is 16.3 Å². The fourth-order valence-corrected chi connectivity index (χ4v) is 1.01. The highest BCUT2D eigenvalue weighted by Crippen LogP contribution is 2.39. The molecule has 2 heteroatoms. The molecule has 0 aromatic heterocycles. The van der Waals surface area contributed by atoms with Crippen LogP contribution in [0.15, 0.2) is 0 Å². The zero-order chi connectivity index (χ0) is 6.20. The molecule has 2 atom stereocenters. The van der Waals surface area contributed by atoms with Crippen molar-refractivity contribution in [2.45, 2.75) is 25.3 Å². The summed E-state index contributed by atoms with van der Waals surface area (Å²) in [5.74, 6) is 0.536. The van der Waals surface area contributed by atoms with Gasteiger partial charge in [0.1, 0.15) is 5.06 Å². The van der Waals surface area contributed by atoms with E-state index in [1.54, 1.807) is 0 Å². The van der Waals surface area contributed by atoms with Crippen LogP contribution < -0.4 is 0 Å². The molecule has 0 aromatic rings. The minimum Gasteiger partial charge on any atom is -0.359 e. The van der Waals surface area contributed by atoms with Gasteiger partial charge in [-0.15, -0.1) is 0 Å². The topological polar surface area (TPSA) is 9.23 Å². The standard InChI is InChI=1S/C6H11ClO/c1-3-6(7)5(2)4-8-6/h5H,3-4H2,1-2H3. The van der Waals surface area contributed by atoms with Crippen LogP contribution in [0.3, 0.4) is 0 Å². The summed E-state index contributed by atoms with van der Waals surface area (Å²) >= 11 is 5.92. The van der Waals surface area contributed by atoms with Gasteiger partial charge < -0.3 is 4.74 Å². The summed E-state index contributed by atoms with van der Waals surface area (Å²) in [6, 6.07) is 0. The quantitative estimate of drug-likeness (QED) is 0.499. The summed E-state index contributed by atoms with van der Waals surface area (Å²) in [5, 5.41) is -0.306. The van der Waals surface area contributed by atoms with Crippen LogP contribution in [-0.4, -0.2) is 11.7 Å². The Morgan fingerprint density at radius 2 is 2.50 bits per heavy atom. The molecule has 1 heterocycles. The summed E-state index contributed by atoms with van der Waals surface area (Å²) in [5.41, 5.74) is 0. The van der Waals surface area contributed by atoms with Crippen molar-refractivity contribution >= 4 is 11.6 Å². The van der Waals surface area contributed by atoms with E-state index in [1.807, 2.05) is 6.92 Å². The molecule has 1 fully saturated rings. The molecule has 0 amide bonds. The van der Waals surface area contributed by atoms with Crippen LogP contribution in [0.4, 0.5) is 0 Å². The number of ether oxygens (including phenoxy) is 1. The summed E-state index contributed by atoms with van der Waals surface area (Å²) < 4.78 is 5.15. The van der Waals surface area contributed by atoms with Gasteiger partial charge in [0.05, 0.1) is 6.61 Å². The van der Waals surface area contributed by atoms with Crippen molar-refractivity contribution in [3.63, 3.8) is 0 Å². The molecule has 0 aromatic carbocycles. The monoisotopic (exact) mass is 134 g/mol. The zero-order valence-corrected chi connectivity index (χ0v) is 6.03. The van der Waals surface area contributed by atoms with Crippen molar-refractivity contribution < 1.29 is 4.74 Å². The maximum Gasteiger partial charge on any atom is 0.146 e. The molecule has 1 aliphatic rings. The molecule has 0 spiro atoms. The molecule has 0 radical (unpaired) electrons. The Kier molecular flexibility index (Phi) is 1.50. The minimum absolute atomic E-state index is 0.306. The largest absolute Gasteiger partial charge is 0.359 e. The van der Waals surface area contributed by atoms with Crippen molar-refractivity contribution in [1.82, 2.24) is 0 Å². The molecule has 1 aliphatic heterocycles. The van der Waals surface area contributed by atoms with E-state index in [9.17, 15) is 0 Å². The zero-order valence-electron chi connectivity index (χ0n) is 5.28. The van der Waals surface area contributed by atoms with Gasteiger partial charge in [0.25, 0.3) is 0 Å². The highest BCUT2D eigenvalue weighted by Gasteiger charge is 2.41. The number of halogens is 1. The van der Waals surface area contributed by atoms with Gasteiger partial charge in [-0.25, -0.2) is 0 Å². The number of alkyl halides is 1. The van der Waals surface area contributed by atoms with Crippen LogP contribution in [-0.2, 0) is 4.74 Å². The fourth-order valence-electron chi connectivity index (χ4n) is 0.881. The summed E-state index contributed by atoms with van der Waals surface area (Å²) in [6.07, 6.45) is 0.912. The van der Waals surface area contributed by atoms with Crippen molar-refractivity contribution in [3.05, 3.63) is 0 Å². The second-order valence-electron chi connectivity index (χ2n) is 2.35. The normalized spacial score (nSPS) is 46.1. The first-order chi connectivity index (χ1) is 3.69. The predicted octanol–water partition coefficient (Wildman–Crippen LogP) is 2.00. The van der Waals surface area contributed by atoms with Gasteiger partial charge >= 0.3 is 0 Å². The average Bonchev–Trinajstić information content (AvgIpc) is 1.83. The SMILES string of the molecule is CCC1(Cl)OCC1C. The van der Waals surface area contributed by atoms with E-state index < -0.39 is 0 Å². The molecule has 0 saturated carbocycles. The Balaban J connectivity index is 2.42. The Hall–Kier alpha value is 0.250. The first kappa shape index (κ1) is 6.37. The average molecular weight is 135 g/mol. The Labute approximate surface area is 55.0 Å². The van der Waals surface area contributed by atoms with Crippen molar-refractivity contribution in [3.8, 4) is 0 Å². The lowest BCUT2D eigenvalue weighted by molar-refractivity contribution is -0.140. The molecule has 0 bridgehead atoms. The molecule has 8 heavy (non-hydrogen) atoms.